The standard InChI is InChI=1S/C22H29N5O5S/c1-4-27(24-21(30)18-11-15-8-6-7-9-17(15)23-18)12-16(28)13-32-22-20(25-33-26-22)14(3)10-19(29)31-5-2/h6-9,11,14,16,23,28H,4-5,10,12-13H2,1-3H3,(H,24,30). The van der Waals surface area contributed by atoms with Gasteiger partial charge in [0.1, 0.15) is 24.1 Å². The highest BCUT2D eigenvalue weighted by Crippen LogP contribution is 2.27. The maximum Gasteiger partial charge on any atom is 0.306 e. The van der Waals surface area contributed by atoms with E-state index in [4.69, 9.17) is 9.47 Å². The summed E-state index contributed by atoms with van der Waals surface area (Å²) in [6.45, 7) is 6.40. The fourth-order valence-corrected chi connectivity index (χ4v) is 3.90. The minimum Gasteiger partial charge on any atom is -0.473 e. The third kappa shape index (κ3) is 6.73. The highest BCUT2D eigenvalue weighted by molar-refractivity contribution is 6.99. The van der Waals surface area contributed by atoms with Crippen LogP contribution in [0.4, 0.5) is 0 Å². The summed E-state index contributed by atoms with van der Waals surface area (Å²) in [4.78, 5) is 27.4. The molecule has 0 spiro atoms. The predicted molar refractivity (Wildman–Crippen MR) is 124 cm³/mol. The second kappa shape index (κ2) is 11.7. The number of esters is 1. The molecule has 178 valence electrons. The molecule has 0 saturated carbocycles. The van der Waals surface area contributed by atoms with Gasteiger partial charge in [-0.05, 0) is 19.1 Å². The van der Waals surface area contributed by atoms with Crippen LogP contribution in [-0.2, 0) is 9.53 Å². The number of aliphatic hydroxyl groups is 1. The van der Waals surface area contributed by atoms with Gasteiger partial charge in [-0.15, -0.1) is 4.37 Å². The van der Waals surface area contributed by atoms with E-state index in [0.29, 0.717) is 30.4 Å². The summed E-state index contributed by atoms with van der Waals surface area (Å²) in [5.74, 6) is -0.535. The Morgan fingerprint density at radius 2 is 2.06 bits per heavy atom. The van der Waals surface area contributed by atoms with Crippen LogP contribution < -0.4 is 10.2 Å². The van der Waals surface area contributed by atoms with Gasteiger partial charge < -0.3 is 19.6 Å². The minimum atomic E-state index is -0.886. The Labute approximate surface area is 196 Å². The smallest absolute Gasteiger partial charge is 0.306 e. The number of hydrogen-bond acceptors (Lipinski definition) is 9. The van der Waals surface area contributed by atoms with E-state index in [1.165, 1.54) is 0 Å². The number of fused-ring (bicyclic) bond motifs is 1. The van der Waals surface area contributed by atoms with Crippen molar-refractivity contribution in [2.45, 2.75) is 39.2 Å². The van der Waals surface area contributed by atoms with Crippen LogP contribution in [0, 0.1) is 0 Å². The molecule has 0 aliphatic carbocycles. The van der Waals surface area contributed by atoms with E-state index in [0.717, 1.165) is 22.6 Å². The van der Waals surface area contributed by atoms with Crippen molar-refractivity contribution in [2.24, 2.45) is 0 Å². The van der Waals surface area contributed by atoms with E-state index >= 15 is 0 Å². The first-order valence-corrected chi connectivity index (χ1v) is 11.6. The van der Waals surface area contributed by atoms with Gasteiger partial charge in [-0.25, -0.2) is 5.01 Å². The Kier molecular flexibility index (Phi) is 8.75. The van der Waals surface area contributed by atoms with Gasteiger partial charge in [-0.1, -0.05) is 32.0 Å². The van der Waals surface area contributed by atoms with Crippen LogP contribution in [0.25, 0.3) is 10.9 Å². The first-order chi connectivity index (χ1) is 15.9. The SMILES string of the molecule is CCOC(=O)CC(C)c1nsnc1OCC(O)CN(CC)NC(=O)c1cc2ccccc2[nH]1. The fourth-order valence-electron chi connectivity index (χ4n) is 3.29. The van der Waals surface area contributed by atoms with E-state index in [1.807, 2.05) is 38.1 Å². The molecule has 2 aromatic heterocycles. The molecule has 3 N–H and O–H groups in total. The Balaban J connectivity index is 1.51. The third-order valence-electron chi connectivity index (χ3n) is 4.99. The Hall–Kier alpha value is -3.02. The number of benzene rings is 1. The summed E-state index contributed by atoms with van der Waals surface area (Å²) in [6.07, 6.45) is -0.718. The molecule has 3 rings (SSSR count). The molecule has 0 aliphatic heterocycles. The number of rotatable bonds is 12. The van der Waals surface area contributed by atoms with Crippen molar-refractivity contribution in [2.75, 3.05) is 26.3 Å². The summed E-state index contributed by atoms with van der Waals surface area (Å²) in [7, 11) is 0. The second-order valence-corrected chi connectivity index (χ2v) is 8.11. The maximum absolute atomic E-state index is 12.6. The molecule has 33 heavy (non-hydrogen) atoms. The van der Waals surface area contributed by atoms with E-state index in [2.05, 4.69) is 19.2 Å². The molecule has 0 bridgehead atoms. The van der Waals surface area contributed by atoms with Gasteiger partial charge in [0.15, 0.2) is 0 Å². The minimum absolute atomic E-state index is 0.0384. The van der Waals surface area contributed by atoms with Crippen molar-refractivity contribution in [1.29, 1.82) is 0 Å². The van der Waals surface area contributed by atoms with Gasteiger partial charge in [0, 0.05) is 29.9 Å². The summed E-state index contributed by atoms with van der Waals surface area (Å²) >= 11 is 0.983. The molecule has 2 atom stereocenters. The van der Waals surface area contributed by atoms with Gasteiger partial charge in [0.25, 0.3) is 5.91 Å². The number of aromatic nitrogens is 3. The van der Waals surface area contributed by atoms with Crippen LogP contribution in [0.5, 0.6) is 5.88 Å². The highest BCUT2D eigenvalue weighted by atomic mass is 32.1. The van der Waals surface area contributed by atoms with Crippen molar-refractivity contribution in [3.63, 3.8) is 0 Å². The number of carbonyl (C=O) groups is 2. The number of nitrogens with zero attached hydrogens (tertiary/aromatic N) is 3. The van der Waals surface area contributed by atoms with Crippen LogP contribution in [-0.4, -0.2) is 68.1 Å². The Bertz CT molecular complexity index is 1040. The van der Waals surface area contributed by atoms with Crippen molar-refractivity contribution in [3.05, 3.63) is 41.7 Å². The molecule has 0 aliphatic rings. The van der Waals surface area contributed by atoms with Gasteiger partial charge >= 0.3 is 5.97 Å². The zero-order valence-corrected chi connectivity index (χ0v) is 19.7. The molecular weight excluding hydrogens is 446 g/mol. The van der Waals surface area contributed by atoms with Crippen LogP contribution in [0.2, 0.25) is 0 Å². The molecule has 3 aromatic rings. The molecular formula is C22H29N5O5S. The first-order valence-electron chi connectivity index (χ1n) is 10.8. The lowest BCUT2D eigenvalue weighted by atomic mass is 10.0. The van der Waals surface area contributed by atoms with Crippen LogP contribution in [0.3, 0.4) is 0 Å². The number of likely N-dealkylation sites (N-methyl/N-ethyl adjacent to an activating group) is 1. The zero-order chi connectivity index (χ0) is 23.8. The monoisotopic (exact) mass is 475 g/mol. The van der Waals surface area contributed by atoms with E-state index in [9.17, 15) is 14.7 Å². The van der Waals surface area contributed by atoms with E-state index in [1.54, 1.807) is 18.0 Å². The maximum atomic E-state index is 12.6. The predicted octanol–water partition coefficient (Wildman–Crippen LogP) is 2.48. The molecule has 2 unspecified atom stereocenters. The summed E-state index contributed by atoms with van der Waals surface area (Å²) in [5.41, 5.74) is 4.67. The van der Waals surface area contributed by atoms with Gasteiger partial charge in [-0.3, -0.25) is 15.0 Å². The van der Waals surface area contributed by atoms with Gasteiger partial charge in [0.2, 0.25) is 5.88 Å². The van der Waals surface area contributed by atoms with Crippen LogP contribution in [0.1, 0.15) is 49.3 Å². The zero-order valence-electron chi connectivity index (χ0n) is 18.9. The fraction of sp³-hybridized carbons (Fsp3) is 0.455. The Morgan fingerprint density at radius 1 is 1.27 bits per heavy atom. The topological polar surface area (TPSA) is 130 Å². The quantitative estimate of drug-likeness (QED) is 0.269. The number of ether oxygens (including phenoxy) is 2. The van der Waals surface area contributed by atoms with Crippen molar-refractivity contribution in [1.82, 2.24) is 24.2 Å². The molecule has 11 heteroatoms. The van der Waals surface area contributed by atoms with Crippen LogP contribution in [0.15, 0.2) is 30.3 Å². The number of hydrogen-bond donors (Lipinski definition) is 3. The van der Waals surface area contributed by atoms with Crippen molar-refractivity contribution >= 4 is 34.5 Å². The number of carbonyl (C=O) groups excluding carboxylic acids is 2. The first kappa shape index (κ1) is 24.6. The van der Waals surface area contributed by atoms with E-state index in [-0.39, 0.29) is 37.4 Å². The normalized spacial score (nSPS) is 13.1. The number of H-pyrrole nitrogens is 1. The molecule has 1 amide bonds. The molecule has 0 radical (unpaired) electrons. The number of amides is 1. The van der Waals surface area contributed by atoms with Crippen molar-refractivity contribution in [3.8, 4) is 5.88 Å². The van der Waals surface area contributed by atoms with E-state index < -0.39 is 6.10 Å². The Morgan fingerprint density at radius 3 is 2.79 bits per heavy atom. The number of aromatic amines is 1. The lowest BCUT2D eigenvalue weighted by Gasteiger charge is -2.24. The molecule has 0 saturated heterocycles. The summed E-state index contributed by atoms with van der Waals surface area (Å²) in [6, 6.07) is 9.42. The molecule has 0 fully saturated rings. The third-order valence-corrected chi connectivity index (χ3v) is 5.51. The lowest BCUT2D eigenvalue weighted by molar-refractivity contribution is -0.143. The average Bonchev–Trinajstić information content (AvgIpc) is 3.44. The summed E-state index contributed by atoms with van der Waals surface area (Å²) < 4.78 is 19.0. The largest absolute Gasteiger partial charge is 0.473 e. The van der Waals surface area contributed by atoms with Gasteiger partial charge in [-0.2, -0.15) is 4.37 Å². The average molecular weight is 476 g/mol. The number of nitrogens with one attached hydrogen (secondary N) is 2. The number of hydrazine groups is 1. The number of para-hydroxylation sites is 1. The number of aliphatic hydroxyl groups excluding tert-OH is 1. The summed E-state index contributed by atoms with van der Waals surface area (Å²) in [5, 5.41) is 13.0. The highest BCUT2D eigenvalue weighted by Gasteiger charge is 2.22. The van der Waals surface area contributed by atoms with Crippen LogP contribution >= 0.6 is 11.7 Å². The molecule has 1 aromatic carbocycles. The van der Waals surface area contributed by atoms with Crippen molar-refractivity contribution < 1.29 is 24.2 Å². The molecule has 2 heterocycles. The second-order valence-electron chi connectivity index (χ2n) is 7.58. The van der Waals surface area contributed by atoms with Gasteiger partial charge in [0.05, 0.1) is 24.8 Å². The lowest BCUT2D eigenvalue weighted by Crippen LogP contribution is -2.47. The molecule has 10 nitrogen and oxygen atoms in total.